The molecule has 3 rings (SSSR count). The molecule has 2 heterocycles. The van der Waals surface area contributed by atoms with E-state index in [1.54, 1.807) is 24.3 Å². The monoisotopic (exact) mass is 313 g/mol. The highest BCUT2D eigenvalue weighted by Gasteiger charge is 2.24. The Bertz CT molecular complexity index is 688. The standard InChI is InChI=1S/C17H19N3O3/c1-3-16-18-8-12(9-19-16)17(21)20(2)10-13-11-22-14-6-4-5-7-15(14)23-13/h4-9,13H,3,10-11H2,1-2H3. The summed E-state index contributed by atoms with van der Waals surface area (Å²) in [5.74, 6) is 2.04. The molecule has 1 aromatic carbocycles. The Labute approximate surface area is 135 Å². The quantitative estimate of drug-likeness (QED) is 0.863. The summed E-state index contributed by atoms with van der Waals surface area (Å²) in [5.41, 5.74) is 0.474. The molecule has 6 heteroatoms. The zero-order chi connectivity index (χ0) is 16.2. The summed E-state index contributed by atoms with van der Waals surface area (Å²) in [6, 6.07) is 7.53. The van der Waals surface area contributed by atoms with E-state index in [4.69, 9.17) is 9.47 Å². The number of hydrogen-bond acceptors (Lipinski definition) is 5. The number of ether oxygens (including phenoxy) is 2. The predicted molar refractivity (Wildman–Crippen MR) is 84.7 cm³/mol. The summed E-state index contributed by atoms with van der Waals surface area (Å²) in [6.07, 6.45) is 3.68. The van der Waals surface area contributed by atoms with Gasteiger partial charge in [0.1, 0.15) is 12.4 Å². The molecule has 0 spiro atoms. The van der Waals surface area contributed by atoms with Gasteiger partial charge in [-0.05, 0) is 12.1 Å². The molecule has 0 aliphatic carbocycles. The Kier molecular flexibility index (Phi) is 4.41. The molecule has 2 aromatic rings. The molecular weight excluding hydrogens is 294 g/mol. The van der Waals surface area contributed by atoms with E-state index in [2.05, 4.69) is 9.97 Å². The number of fused-ring (bicyclic) bond motifs is 1. The Morgan fingerprint density at radius 1 is 1.26 bits per heavy atom. The van der Waals surface area contributed by atoms with Crippen molar-refractivity contribution in [1.82, 2.24) is 14.9 Å². The summed E-state index contributed by atoms with van der Waals surface area (Å²) < 4.78 is 11.5. The van der Waals surface area contributed by atoms with E-state index in [-0.39, 0.29) is 12.0 Å². The maximum Gasteiger partial charge on any atom is 0.256 e. The second kappa shape index (κ2) is 6.64. The number of aryl methyl sites for hydroxylation is 1. The van der Waals surface area contributed by atoms with Crippen LogP contribution in [0.4, 0.5) is 0 Å². The second-order valence-corrected chi connectivity index (χ2v) is 5.42. The molecule has 23 heavy (non-hydrogen) atoms. The lowest BCUT2D eigenvalue weighted by Crippen LogP contribution is -2.41. The molecule has 0 fully saturated rings. The molecule has 1 aliphatic heterocycles. The maximum absolute atomic E-state index is 12.4. The summed E-state index contributed by atoms with van der Waals surface area (Å²) in [4.78, 5) is 22.3. The second-order valence-electron chi connectivity index (χ2n) is 5.42. The molecule has 1 aliphatic rings. The number of rotatable bonds is 4. The van der Waals surface area contributed by atoms with Gasteiger partial charge >= 0.3 is 0 Å². The number of carbonyl (C=O) groups is 1. The molecule has 0 bridgehead atoms. The molecule has 1 aromatic heterocycles. The number of carbonyl (C=O) groups excluding carboxylic acids is 1. The van der Waals surface area contributed by atoms with Gasteiger partial charge in [-0.1, -0.05) is 19.1 Å². The lowest BCUT2D eigenvalue weighted by molar-refractivity contribution is 0.0520. The van der Waals surface area contributed by atoms with Crippen LogP contribution in [-0.2, 0) is 6.42 Å². The highest BCUT2D eigenvalue weighted by molar-refractivity contribution is 5.93. The van der Waals surface area contributed by atoms with Crippen molar-refractivity contribution in [3.63, 3.8) is 0 Å². The number of amides is 1. The van der Waals surface area contributed by atoms with Gasteiger partial charge in [-0.2, -0.15) is 0 Å². The summed E-state index contributed by atoms with van der Waals surface area (Å²) in [7, 11) is 1.74. The Hall–Kier alpha value is -2.63. The molecule has 1 atom stereocenters. The van der Waals surface area contributed by atoms with Gasteiger partial charge in [0.15, 0.2) is 17.6 Å². The van der Waals surface area contributed by atoms with Crippen LogP contribution in [0.2, 0.25) is 0 Å². The highest BCUT2D eigenvalue weighted by Crippen LogP contribution is 2.30. The predicted octanol–water partition coefficient (Wildman–Crippen LogP) is 1.95. The third-order valence-electron chi connectivity index (χ3n) is 3.66. The van der Waals surface area contributed by atoms with Crippen LogP contribution in [0.25, 0.3) is 0 Å². The van der Waals surface area contributed by atoms with E-state index in [1.807, 2.05) is 31.2 Å². The van der Waals surface area contributed by atoms with Crippen molar-refractivity contribution in [3.05, 3.63) is 48.0 Å². The zero-order valence-electron chi connectivity index (χ0n) is 13.2. The molecular formula is C17H19N3O3. The molecule has 6 nitrogen and oxygen atoms in total. The van der Waals surface area contributed by atoms with Crippen LogP contribution >= 0.6 is 0 Å². The number of likely N-dealkylation sites (N-methyl/N-ethyl adjacent to an activating group) is 1. The number of para-hydroxylation sites is 2. The zero-order valence-corrected chi connectivity index (χ0v) is 13.2. The van der Waals surface area contributed by atoms with E-state index in [0.717, 1.165) is 18.0 Å². The van der Waals surface area contributed by atoms with E-state index in [9.17, 15) is 4.79 Å². The van der Waals surface area contributed by atoms with Crippen molar-refractivity contribution in [2.24, 2.45) is 0 Å². The third kappa shape index (κ3) is 3.41. The molecule has 0 N–H and O–H groups in total. The summed E-state index contributed by atoms with van der Waals surface area (Å²) >= 11 is 0. The van der Waals surface area contributed by atoms with Crippen molar-refractivity contribution < 1.29 is 14.3 Å². The van der Waals surface area contributed by atoms with Crippen LogP contribution in [-0.4, -0.2) is 47.1 Å². The van der Waals surface area contributed by atoms with Crippen molar-refractivity contribution in [1.29, 1.82) is 0 Å². The fourth-order valence-electron chi connectivity index (χ4n) is 2.41. The van der Waals surface area contributed by atoms with Crippen LogP contribution < -0.4 is 9.47 Å². The first-order valence-corrected chi connectivity index (χ1v) is 7.62. The molecule has 1 unspecified atom stereocenters. The van der Waals surface area contributed by atoms with Crippen LogP contribution in [0.3, 0.4) is 0 Å². The Morgan fingerprint density at radius 3 is 2.65 bits per heavy atom. The number of benzene rings is 1. The SMILES string of the molecule is CCc1ncc(C(=O)N(C)CC2COc3ccccc3O2)cn1. The summed E-state index contributed by atoms with van der Waals surface area (Å²) in [5, 5.41) is 0. The minimum atomic E-state index is -0.199. The van der Waals surface area contributed by atoms with E-state index in [1.165, 1.54) is 0 Å². The minimum Gasteiger partial charge on any atom is -0.486 e. The van der Waals surface area contributed by atoms with Crippen molar-refractivity contribution in [3.8, 4) is 11.5 Å². The van der Waals surface area contributed by atoms with Crippen LogP contribution in [0, 0.1) is 0 Å². The van der Waals surface area contributed by atoms with Gasteiger partial charge in [0, 0.05) is 25.9 Å². The van der Waals surface area contributed by atoms with Gasteiger partial charge in [0.2, 0.25) is 0 Å². The van der Waals surface area contributed by atoms with Gasteiger partial charge in [0.05, 0.1) is 12.1 Å². The lowest BCUT2D eigenvalue weighted by Gasteiger charge is -2.29. The first kappa shape index (κ1) is 15.3. The van der Waals surface area contributed by atoms with Gasteiger partial charge in [-0.15, -0.1) is 0 Å². The van der Waals surface area contributed by atoms with Crippen LogP contribution in [0.15, 0.2) is 36.7 Å². The lowest BCUT2D eigenvalue weighted by atomic mass is 10.2. The van der Waals surface area contributed by atoms with Crippen molar-refractivity contribution in [2.75, 3.05) is 20.2 Å². The number of hydrogen-bond donors (Lipinski definition) is 0. The number of nitrogens with zero attached hydrogens (tertiary/aromatic N) is 3. The molecule has 0 saturated heterocycles. The van der Waals surface area contributed by atoms with Crippen LogP contribution in [0.1, 0.15) is 23.1 Å². The summed E-state index contributed by atoms with van der Waals surface area (Å²) in [6.45, 7) is 2.82. The van der Waals surface area contributed by atoms with E-state index in [0.29, 0.717) is 24.5 Å². The first-order valence-electron chi connectivity index (χ1n) is 7.62. The Morgan fingerprint density at radius 2 is 1.96 bits per heavy atom. The minimum absolute atomic E-state index is 0.130. The Balaban J connectivity index is 1.62. The maximum atomic E-state index is 12.4. The third-order valence-corrected chi connectivity index (χ3v) is 3.66. The van der Waals surface area contributed by atoms with Gasteiger partial charge in [0.25, 0.3) is 5.91 Å². The van der Waals surface area contributed by atoms with Crippen LogP contribution in [0.5, 0.6) is 11.5 Å². The van der Waals surface area contributed by atoms with Gasteiger partial charge < -0.3 is 14.4 Å². The molecule has 0 radical (unpaired) electrons. The average Bonchev–Trinajstić information content (AvgIpc) is 2.61. The fraction of sp³-hybridized carbons (Fsp3) is 0.353. The molecule has 120 valence electrons. The van der Waals surface area contributed by atoms with E-state index >= 15 is 0 Å². The molecule has 1 amide bonds. The van der Waals surface area contributed by atoms with Crippen molar-refractivity contribution in [2.45, 2.75) is 19.4 Å². The first-order chi connectivity index (χ1) is 11.2. The fourth-order valence-corrected chi connectivity index (χ4v) is 2.41. The highest BCUT2D eigenvalue weighted by atomic mass is 16.6. The van der Waals surface area contributed by atoms with Gasteiger partial charge in [-0.25, -0.2) is 9.97 Å². The smallest absolute Gasteiger partial charge is 0.256 e. The topological polar surface area (TPSA) is 64.6 Å². The molecule has 0 saturated carbocycles. The normalized spacial score (nSPS) is 16.0. The largest absolute Gasteiger partial charge is 0.486 e. The van der Waals surface area contributed by atoms with E-state index < -0.39 is 0 Å². The van der Waals surface area contributed by atoms with Crippen molar-refractivity contribution >= 4 is 5.91 Å². The number of aromatic nitrogens is 2. The average molecular weight is 313 g/mol. The van der Waals surface area contributed by atoms with Gasteiger partial charge in [-0.3, -0.25) is 4.79 Å².